The van der Waals surface area contributed by atoms with Crippen LogP contribution in [0.5, 0.6) is 0 Å². The fourth-order valence-electron chi connectivity index (χ4n) is 7.67. The minimum absolute atomic E-state index is 0.0777. The van der Waals surface area contributed by atoms with Crippen LogP contribution in [-0.2, 0) is 4.84 Å². The lowest BCUT2D eigenvalue weighted by molar-refractivity contribution is -0.165. The normalized spacial score (nSPS) is 52.3. The molecule has 5 heteroatoms. The minimum atomic E-state index is -0.225. The predicted molar refractivity (Wildman–Crippen MR) is 106 cm³/mol. The van der Waals surface area contributed by atoms with E-state index in [0.717, 1.165) is 44.9 Å². The zero-order valence-electron chi connectivity index (χ0n) is 17.0. The van der Waals surface area contributed by atoms with Crippen LogP contribution < -0.4 is 5.73 Å². The van der Waals surface area contributed by atoms with E-state index in [1.165, 1.54) is 6.42 Å². The number of nitrogens with two attached hydrogens (primary N) is 1. The summed E-state index contributed by atoms with van der Waals surface area (Å²) in [5, 5.41) is 25.8. The number of fused-ring (bicyclic) bond motifs is 5. The fraction of sp³-hybridized carbons (Fsp3) is 0.955. The summed E-state index contributed by atoms with van der Waals surface area (Å²) in [6, 6.07) is 0. The number of aliphatic hydroxyl groups is 2. The molecule has 0 saturated heterocycles. The average Bonchev–Trinajstić information content (AvgIpc) is 2.95. The molecule has 0 bridgehead atoms. The average molecular weight is 379 g/mol. The molecule has 4 saturated carbocycles. The maximum absolute atomic E-state index is 11.2. The van der Waals surface area contributed by atoms with Gasteiger partial charge in [-0.2, -0.15) is 0 Å². The zero-order valence-corrected chi connectivity index (χ0v) is 17.0. The van der Waals surface area contributed by atoms with Gasteiger partial charge in [0.1, 0.15) is 6.61 Å². The molecule has 4 N–H and O–H groups in total. The summed E-state index contributed by atoms with van der Waals surface area (Å²) in [6.07, 6.45) is 10.2. The second-order valence-electron chi connectivity index (χ2n) is 10.3. The van der Waals surface area contributed by atoms with Gasteiger partial charge in [-0.15, -0.1) is 0 Å². The molecular weight excluding hydrogens is 340 g/mol. The van der Waals surface area contributed by atoms with Crippen molar-refractivity contribution in [3.63, 3.8) is 0 Å². The van der Waals surface area contributed by atoms with Crippen LogP contribution in [0.2, 0.25) is 0 Å². The molecule has 4 rings (SSSR count). The van der Waals surface area contributed by atoms with Gasteiger partial charge in [0.25, 0.3) is 0 Å². The first-order valence-electron chi connectivity index (χ1n) is 11.1. The van der Waals surface area contributed by atoms with Crippen molar-refractivity contribution in [2.45, 2.75) is 77.4 Å². The number of rotatable bonds is 4. The summed E-state index contributed by atoms with van der Waals surface area (Å²) >= 11 is 0. The Morgan fingerprint density at radius 1 is 1.00 bits per heavy atom. The van der Waals surface area contributed by atoms with Crippen LogP contribution >= 0.6 is 0 Å². The molecule has 0 unspecified atom stereocenters. The van der Waals surface area contributed by atoms with E-state index < -0.39 is 0 Å². The highest BCUT2D eigenvalue weighted by Gasteiger charge is 2.61. The van der Waals surface area contributed by atoms with Gasteiger partial charge in [-0.3, -0.25) is 0 Å². The van der Waals surface area contributed by atoms with Crippen molar-refractivity contribution >= 4 is 6.21 Å². The summed E-state index contributed by atoms with van der Waals surface area (Å²) in [6.45, 7) is 5.70. The van der Waals surface area contributed by atoms with Crippen LogP contribution in [-0.4, -0.2) is 41.8 Å². The van der Waals surface area contributed by atoms with Crippen LogP contribution in [0.25, 0.3) is 0 Å². The Morgan fingerprint density at radius 3 is 2.52 bits per heavy atom. The molecule has 0 aromatic carbocycles. The molecule has 0 aliphatic heterocycles. The van der Waals surface area contributed by atoms with Crippen LogP contribution in [0, 0.1) is 40.4 Å². The van der Waals surface area contributed by atoms with Crippen LogP contribution in [0.3, 0.4) is 0 Å². The van der Waals surface area contributed by atoms with Crippen molar-refractivity contribution in [2.75, 3.05) is 13.2 Å². The Balaban J connectivity index is 1.50. The van der Waals surface area contributed by atoms with Crippen LogP contribution in [0.15, 0.2) is 5.16 Å². The molecule has 0 aromatic rings. The number of aliphatic hydroxyl groups excluding tert-OH is 2. The Bertz CT molecular complexity index is 570. The van der Waals surface area contributed by atoms with Crippen molar-refractivity contribution in [1.82, 2.24) is 0 Å². The largest absolute Gasteiger partial charge is 0.395 e. The first-order chi connectivity index (χ1) is 12.9. The molecule has 0 radical (unpaired) electrons. The van der Waals surface area contributed by atoms with E-state index in [-0.39, 0.29) is 23.0 Å². The summed E-state index contributed by atoms with van der Waals surface area (Å²) in [5.74, 6) is 2.61. The van der Waals surface area contributed by atoms with Gasteiger partial charge in [0.05, 0.1) is 12.2 Å². The molecule has 27 heavy (non-hydrogen) atoms. The van der Waals surface area contributed by atoms with E-state index in [0.29, 0.717) is 42.7 Å². The van der Waals surface area contributed by atoms with Crippen molar-refractivity contribution in [1.29, 1.82) is 0 Å². The SMILES string of the molecule is C[C@]12CC[C@H](/C=N\OCCN)C[C@@H]1[C@@H](O)C[C@@H]1[C@@H]2CC[C@]2(C)[C@@H](O)CC[C@@H]12. The Labute approximate surface area is 163 Å². The first-order valence-corrected chi connectivity index (χ1v) is 11.1. The molecule has 4 fully saturated rings. The van der Waals surface area contributed by atoms with Gasteiger partial charge >= 0.3 is 0 Å². The number of oxime groups is 1. The third kappa shape index (κ3) is 3.14. The molecule has 0 aromatic heterocycles. The maximum atomic E-state index is 11.2. The van der Waals surface area contributed by atoms with E-state index in [9.17, 15) is 10.2 Å². The molecule has 4 aliphatic rings. The highest BCUT2D eigenvalue weighted by atomic mass is 16.6. The lowest BCUT2D eigenvalue weighted by Crippen LogP contribution is -2.58. The van der Waals surface area contributed by atoms with Crippen LogP contribution in [0.1, 0.15) is 65.2 Å². The van der Waals surface area contributed by atoms with Gasteiger partial charge in [0, 0.05) is 12.8 Å². The number of nitrogens with zero attached hydrogens (tertiary/aromatic N) is 1. The quantitative estimate of drug-likeness (QED) is 0.399. The van der Waals surface area contributed by atoms with Gasteiger partial charge in [0.2, 0.25) is 0 Å². The highest BCUT2D eigenvalue weighted by Crippen LogP contribution is 2.66. The third-order valence-corrected chi connectivity index (χ3v) is 9.23. The summed E-state index contributed by atoms with van der Waals surface area (Å²) in [7, 11) is 0. The van der Waals surface area contributed by atoms with E-state index in [1.807, 2.05) is 6.21 Å². The number of hydrogen-bond donors (Lipinski definition) is 3. The van der Waals surface area contributed by atoms with Gasteiger partial charge in [-0.05, 0) is 91.8 Å². The molecule has 0 amide bonds. The zero-order chi connectivity index (χ0) is 19.2. The smallest absolute Gasteiger partial charge is 0.129 e. The second-order valence-corrected chi connectivity index (χ2v) is 10.3. The molecule has 9 atom stereocenters. The molecule has 0 spiro atoms. The lowest BCUT2D eigenvalue weighted by atomic mass is 9.44. The van der Waals surface area contributed by atoms with Crippen molar-refractivity contribution in [3.05, 3.63) is 0 Å². The minimum Gasteiger partial charge on any atom is -0.395 e. The molecular formula is C22H38N2O3. The predicted octanol–water partition coefficient (Wildman–Crippen LogP) is 2.94. The molecule has 4 aliphatic carbocycles. The highest BCUT2D eigenvalue weighted by molar-refractivity contribution is 5.60. The van der Waals surface area contributed by atoms with Crippen molar-refractivity contribution in [2.24, 2.45) is 51.3 Å². The summed E-state index contributed by atoms with van der Waals surface area (Å²) in [4.78, 5) is 5.19. The summed E-state index contributed by atoms with van der Waals surface area (Å²) < 4.78 is 0. The van der Waals surface area contributed by atoms with Gasteiger partial charge < -0.3 is 20.8 Å². The van der Waals surface area contributed by atoms with Gasteiger partial charge in [-0.1, -0.05) is 19.0 Å². The third-order valence-electron chi connectivity index (χ3n) is 9.23. The Hall–Kier alpha value is -0.650. The summed E-state index contributed by atoms with van der Waals surface area (Å²) in [5.41, 5.74) is 5.74. The first kappa shape index (κ1) is 19.7. The molecule has 154 valence electrons. The van der Waals surface area contributed by atoms with E-state index in [4.69, 9.17) is 10.6 Å². The van der Waals surface area contributed by atoms with Crippen molar-refractivity contribution in [3.8, 4) is 0 Å². The molecule has 0 heterocycles. The maximum Gasteiger partial charge on any atom is 0.129 e. The standard InChI is InChI=1S/C22H38N2O3/c1-21-7-5-14(13-24-27-10-9-23)11-18(21)19(25)12-15-16-3-4-20(26)22(16,2)8-6-17(15)21/h13-20,25-26H,3-12,23H2,1-2H3/b24-13-/t14-,15-,16-,17-,18+,19-,20-,21+,22-/m0/s1. The Kier molecular flexibility index (Phi) is 5.32. The van der Waals surface area contributed by atoms with Gasteiger partial charge in [0.15, 0.2) is 0 Å². The lowest BCUT2D eigenvalue weighted by Gasteiger charge is -2.62. The monoisotopic (exact) mass is 378 g/mol. The van der Waals surface area contributed by atoms with E-state index in [1.54, 1.807) is 0 Å². The van der Waals surface area contributed by atoms with Crippen molar-refractivity contribution < 1.29 is 15.1 Å². The van der Waals surface area contributed by atoms with Crippen LogP contribution in [0.4, 0.5) is 0 Å². The molecule has 5 nitrogen and oxygen atoms in total. The topological polar surface area (TPSA) is 88.1 Å². The van der Waals surface area contributed by atoms with Gasteiger partial charge in [-0.25, -0.2) is 0 Å². The Morgan fingerprint density at radius 2 is 1.74 bits per heavy atom. The van der Waals surface area contributed by atoms with E-state index in [2.05, 4.69) is 19.0 Å². The fourth-order valence-corrected chi connectivity index (χ4v) is 7.67. The van der Waals surface area contributed by atoms with E-state index >= 15 is 0 Å². The second kappa shape index (κ2) is 7.31. The number of hydrogen-bond acceptors (Lipinski definition) is 5.